The van der Waals surface area contributed by atoms with Crippen molar-refractivity contribution in [2.75, 3.05) is 6.54 Å². The van der Waals surface area contributed by atoms with Gasteiger partial charge < -0.3 is 5.32 Å². The van der Waals surface area contributed by atoms with Crippen LogP contribution in [0.5, 0.6) is 0 Å². The maximum Gasteiger partial charge on any atom is 0.0828 e. The molecule has 3 nitrogen and oxygen atoms in total. The molecule has 1 N–H and O–H groups in total. The Kier molecular flexibility index (Phi) is 2.28. The molecule has 1 aromatic rings. The zero-order valence-electron chi connectivity index (χ0n) is 9.42. The average Bonchev–Trinajstić information content (AvgIpc) is 2.84. The van der Waals surface area contributed by atoms with Crippen LogP contribution in [0.25, 0.3) is 0 Å². The molecule has 0 amide bonds. The SMILES string of the molecule is Cn1nc([C@H]2CCCCN2)c2c1CCC2. The van der Waals surface area contributed by atoms with Gasteiger partial charge in [0.15, 0.2) is 0 Å². The predicted molar refractivity (Wildman–Crippen MR) is 59.8 cm³/mol. The molecule has 2 heterocycles. The van der Waals surface area contributed by atoms with E-state index in [1.807, 2.05) is 0 Å². The lowest BCUT2D eigenvalue weighted by atomic mass is 9.99. The fraction of sp³-hybridized carbons (Fsp3) is 0.750. The van der Waals surface area contributed by atoms with Crippen molar-refractivity contribution in [3.8, 4) is 0 Å². The van der Waals surface area contributed by atoms with E-state index in [-0.39, 0.29) is 0 Å². The van der Waals surface area contributed by atoms with Crippen LogP contribution in [0.1, 0.15) is 48.7 Å². The van der Waals surface area contributed by atoms with Crippen LogP contribution < -0.4 is 5.32 Å². The molecule has 2 aliphatic rings. The average molecular weight is 205 g/mol. The van der Waals surface area contributed by atoms with Crippen molar-refractivity contribution in [2.24, 2.45) is 7.05 Å². The Morgan fingerprint density at radius 1 is 1.27 bits per heavy atom. The molecule has 3 heteroatoms. The molecule has 0 spiro atoms. The van der Waals surface area contributed by atoms with E-state index in [4.69, 9.17) is 5.10 Å². The number of piperidine rings is 1. The Labute approximate surface area is 90.9 Å². The van der Waals surface area contributed by atoms with E-state index in [9.17, 15) is 0 Å². The summed E-state index contributed by atoms with van der Waals surface area (Å²) in [4.78, 5) is 0. The van der Waals surface area contributed by atoms with Crippen LogP contribution in [0.2, 0.25) is 0 Å². The number of aromatic nitrogens is 2. The van der Waals surface area contributed by atoms with E-state index >= 15 is 0 Å². The Bertz CT molecular complexity index is 361. The van der Waals surface area contributed by atoms with Crippen molar-refractivity contribution in [1.82, 2.24) is 15.1 Å². The van der Waals surface area contributed by atoms with Gasteiger partial charge in [0.25, 0.3) is 0 Å². The second-order valence-corrected chi connectivity index (χ2v) is 4.79. The summed E-state index contributed by atoms with van der Waals surface area (Å²) < 4.78 is 2.11. The van der Waals surface area contributed by atoms with Crippen molar-refractivity contribution >= 4 is 0 Å². The van der Waals surface area contributed by atoms with E-state index in [1.165, 1.54) is 49.9 Å². The molecule has 3 rings (SSSR count). The Morgan fingerprint density at radius 3 is 3.00 bits per heavy atom. The van der Waals surface area contributed by atoms with Crippen LogP contribution in [0, 0.1) is 0 Å². The summed E-state index contributed by atoms with van der Waals surface area (Å²) in [6.45, 7) is 1.16. The van der Waals surface area contributed by atoms with Gasteiger partial charge in [0.1, 0.15) is 0 Å². The smallest absolute Gasteiger partial charge is 0.0828 e. The van der Waals surface area contributed by atoms with Crippen LogP contribution in [0.15, 0.2) is 0 Å². The Balaban J connectivity index is 1.93. The summed E-state index contributed by atoms with van der Waals surface area (Å²) in [5.41, 5.74) is 4.39. The van der Waals surface area contributed by atoms with Gasteiger partial charge in [0.2, 0.25) is 0 Å². The third-order valence-corrected chi connectivity index (χ3v) is 3.79. The molecule has 1 aromatic heterocycles. The summed E-state index contributed by atoms with van der Waals surface area (Å²) in [5.74, 6) is 0. The van der Waals surface area contributed by atoms with Gasteiger partial charge in [-0.1, -0.05) is 6.42 Å². The largest absolute Gasteiger partial charge is 0.309 e. The highest BCUT2D eigenvalue weighted by molar-refractivity contribution is 5.32. The van der Waals surface area contributed by atoms with Crippen LogP contribution in [0.4, 0.5) is 0 Å². The fourth-order valence-corrected chi connectivity index (χ4v) is 3.01. The van der Waals surface area contributed by atoms with Crippen molar-refractivity contribution in [3.05, 3.63) is 17.0 Å². The van der Waals surface area contributed by atoms with Crippen molar-refractivity contribution < 1.29 is 0 Å². The minimum Gasteiger partial charge on any atom is -0.309 e. The normalized spacial score (nSPS) is 25.5. The van der Waals surface area contributed by atoms with Gasteiger partial charge in [-0.3, -0.25) is 4.68 Å². The third-order valence-electron chi connectivity index (χ3n) is 3.79. The van der Waals surface area contributed by atoms with Gasteiger partial charge in [-0.2, -0.15) is 5.10 Å². The van der Waals surface area contributed by atoms with Crippen LogP contribution in [-0.2, 0) is 19.9 Å². The van der Waals surface area contributed by atoms with Crippen LogP contribution in [-0.4, -0.2) is 16.3 Å². The second-order valence-electron chi connectivity index (χ2n) is 4.79. The maximum atomic E-state index is 4.71. The molecular weight excluding hydrogens is 186 g/mol. The Hall–Kier alpha value is -0.830. The van der Waals surface area contributed by atoms with Crippen molar-refractivity contribution in [1.29, 1.82) is 0 Å². The van der Waals surface area contributed by atoms with Gasteiger partial charge in [0, 0.05) is 12.7 Å². The highest BCUT2D eigenvalue weighted by Gasteiger charge is 2.26. The summed E-state index contributed by atoms with van der Waals surface area (Å²) in [5, 5.41) is 8.31. The van der Waals surface area contributed by atoms with E-state index < -0.39 is 0 Å². The van der Waals surface area contributed by atoms with Gasteiger partial charge in [-0.15, -0.1) is 0 Å². The number of hydrogen-bond acceptors (Lipinski definition) is 2. The first kappa shape index (κ1) is 9.40. The van der Waals surface area contributed by atoms with E-state index in [0.29, 0.717) is 6.04 Å². The van der Waals surface area contributed by atoms with Gasteiger partial charge in [-0.05, 0) is 44.2 Å². The van der Waals surface area contributed by atoms with E-state index in [2.05, 4.69) is 17.0 Å². The zero-order valence-corrected chi connectivity index (χ0v) is 9.42. The molecule has 1 aliphatic carbocycles. The minimum absolute atomic E-state index is 0.534. The number of hydrogen-bond donors (Lipinski definition) is 1. The van der Waals surface area contributed by atoms with Crippen LogP contribution >= 0.6 is 0 Å². The van der Waals surface area contributed by atoms with Gasteiger partial charge in [-0.25, -0.2) is 0 Å². The third kappa shape index (κ3) is 1.49. The number of aryl methyl sites for hydroxylation is 1. The summed E-state index contributed by atoms with van der Waals surface area (Å²) >= 11 is 0. The van der Waals surface area contributed by atoms with E-state index in [0.717, 1.165) is 6.54 Å². The number of nitrogens with one attached hydrogen (secondary N) is 1. The lowest BCUT2D eigenvalue weighted by molar-refractivity contribution is 0.400. The predicted octanol–water partition coefficient (Wildman–Crippen LogP) is 1.72. The molecule has 0 unspecified atom stereocenters. The highest BCUT2D eigenvalue weighted by Crippen LogP contribution is 2.31. The summed E-state index contributed by atoms with van der Waals surface area (Å²) in [6, 6.07) is 0.534. The second kappa shape index (κ2) is 3.63. The molecule has 0 bridgehead atoms. The molecule has 82 valence electrons. The standard InChI is InChI=1S/C12H19N3/c1-15-11-7-4-5-9(11)12(14-15)10-6-2-3-8-13-10/h10,13H,2-8H2,1H3/t10-/m1/s1. The van der Waals surface area contributed by atoms with Gasteiger partial charge >= 0.3 is 0 Å². The van der Waals surface area contributed by atoms with Crippen molar-refractivity contribution in [3.63, 3.8) is 0 Å². The number of rotatable bonds is 1. The zero-order chi connectivity index (χ0) is 10.3. The molecule has 0 aromatic carbocycles. The monoisotopic (exact) mass is 205 g/mol. The van der Waals surface area contributed by atoms with Gasteiger partial charge in [0.05, 0.1) is 11.7 Å². The molecular formula is C12H19N3. The summed E-state index contributed by atoms with van der Waals surface area (Å²) in [7, 11) is 2.09. The highest BCUT2D eigenvalue weighted by atomic mass is 15.3. The molecule has 1 fully saturated rings. The first-order valence-corrected chi connectivity index (χ1v) is 6.14. The molecule has 15 heavy (non-hydrogen) atoms. The number of fused-ring (bicyclic) bond motifs is 1. The van der Waals surface area contributed by atoms with Crippen molar-refractivity contribution in [2.45, 2.75) is 44.6 Å². The maximum absolute atomic E-state index is 4.71. The first-order chi connectivity index (χ1) is 7.36. The minimum atomic E-state index is 0.534. The fourth-order valence-electron chi connectivity index (χ4n) is 3.01. The lowest BCUT2D eigenvalue weighted by Crippen LogP contribution is -2.27. The molecule has 0 radical (unpaired) electrons. The first-order valence-electron chi connectivity index (χ1n) is 6.14. The quantitative estimate of drug-likeness (QED) is 0.756. The Morgan fingerprint density at radius 2 is 2.20 bits per heavy atom. The molecule has 0 saturated carbocycles. The summed E-state index contributed by atoms with van der Waals surface area (Å²) in [6.07, 6.45) is 7.74. The van der Waals surface area contributed by atoms with Crippen LogP contribution in [0.3, 0.4) is 0 Å². The number of nitrogens with zero attached hydrogens (tertiary/aromatic N) is 2. The molecule has 1 aliphatic heterocycles. The topological polar surface area (TPSA) is 29.9 Å². The molecule has 1 saturated heterocycles. The molecule has 1 atom stereocenters. The van der Waals surface area contributed by atoms with E-state index in [1.54, 1.807) is 5.56 Å². The lowest BCUT2D eigenvalue weighted by Gasteiger charge is -2.22.